The molecule has 0 heterocycles. The molecule has 0 aliphatic heterocycles. The van der Waals surface area contributed by atoms with Gasteiger partial charge in [0.1, 0.15) is 0 Å². The molecule has 2 N–H and O–H groups in total. The Balaban J connectivity index is 2.36. The average molecular weight is 311 g/mol. The number of nitrogens with one attached hydrogen (secondary N) is 1. The molecule has 0 aromatic heterocycles. The summed E-state index contributed by atoms with van der Waals surface area (Å²) in [6, 6.07) is 3.74. The summed E-state index contributed by atoms with van der Waals surface area (Å²) in [4.78, 5) is 11.1. The number of rotatable bonds is 6. The third-order valence-electron chi connectivity index (χ3n) is 3.15. The van der Waals surface area contributed by atoms with E-state index in [0.717, 1.165) is 12.5 Å². The monoisotopic (exact) mass is 311 g/mol. The van der Waals surface area contributed by atoms with Crippen molar-refractivity contribution in [1.29, 1.82) is 0 Å². The molecule has 1 unspecified atom stereocenters. The lowest BCUT2D eigenvalue weighted by molar-refractivity contribution is 0.0696. The van der Waals surface area contributed by atoms with E-state index in [-0.39, 0.29) is 23.1 Å². The highest BCUT2D eigenvalue weighted by molar-refractivity contribution is 7.89. The van der Waals surface area contributed by atoms with Crippen LogP contribution in [0.2, 0.25) is 0 Å². The number of benzene rings is 1. The van der Waals surface area contributed by atoms with Crippen molar-refractivity contribution >= 4 is 16.0 Å². The zero-order valence-corrected chi connectivity index (χ0v) is 12.4. The summed E-state index contributed by atoms with van der Waals surface area (Å²) in [5.41, 5.74) is 0.423. The second-order valence-corrected chi connectivity index (χ2v) is 6.55. The first-order chi connectivity index (χ1) is 9.92. The largest absolute Gasteiger partial charge is 0.478 e. The van der Waals surface area contributed by atoms with Crippen LogP contribution < -0.4 is 4.72 Å². The number of allylic oxidation sites excluding steroid dienone is 1. The Morgan fingerprint density at radius 1 is 1.43 bits per heavy atom. The van der Waals surface area contributed by atoms with Crippen LogP contribution in [0.1, 0.15) is 28.8 Å². The summed E-state index contributed by atoms with van der Waals surface area (Å²) in [5, 5.41) is 9.08. The first-order valence-corrected chi connectivity index (χ1v) is 7.96. The maximum absolute atomic E-state index is 12.3. The number of ether oxygens (including phenoxy) is 1. The Morgan fingerprint density at radius 3 is 2.76 bits per heavy atom. The van der Waals surface area contributed by atoms with E-state index in [9.17, 15) is 13.2 Å². The molecular weight excluding hydrogens is 294 g/mol. The second-order valence-electron chi connectivity index (χ2n) is 4.84. The molecule has 0 saturated carbocycles. The van der Waals surface area contributed by atoms with Gasteiger partial charge in [0.2, 0.25) is 10.0 Å². The molecule has 0 bridgehead atoms. The minimum atomic E-state index is -3.76. The van der Waals surface area contributed by atoms with Gasteiger partial charge in [-0.25, -0.2) is 17.9 Å². The molecular formula is C14H17NO5S. The van der Waals surface area contributed by atoms with Crippen molar-refractivity contribution < 1.29 is 23.1 Å². The number of hydrogen-bond acceptors (Lipinski definition) is 4. The number of sulfonamides is 1. The number of methoxy groups -OCH3 is 1. The molecule has 0 fully saturated rings. The molecule has 1 aromatic rings. The van der Waals surface area contributed by atoms with Crippen LogP contribution in [0.25, 0.3) is 0 Å². The van der Waals surface area contributed by atoms with Gasteiger partial charge < -0.3 is 9.84 Å². The maximum atomic E-state index is 12.3. The predicted octanol–water partition coefficient (Wildman–Crippen LogP) is 1.53. The molecule has 0 amide bonds. The molecule has 2 rings (SSSR count). The normalized spacial score (nSPS) is 18.0. The third kappa shape index (κ3) is 3.90. The van der Waals surface area contributed by atoms with Gasteiger partial charge in [0.25, 0.3) is 0 Å². The van der Waals surface area contributed by atoms with Crippen LogP contribution in [-0.4, -0.2) is 32.6 Å². The molecule has 0 saturated heterocycles. The van der Waals surface area contributed by atoms with E-state index < -0.39 is 16.0 Å². The fourth-order valence-electron chi connectivity index (χ4n) is 2.19. The van der Waals surface area contributed by atoms with E-state index in [1.54, 1.807) is 6.08 Å². The number of carboxylic acids is 1. The summed E-state index contributed by atoms with van der Waals surface area (Å²) < 4.78 is 32.2. The molecule has 1 aliphatic rings. The van der Waals surface area contributed by atoms with Gasteiger partial charge in [-0.2, -0.15) is 0 Å². The number of carbonyl (C=O) groups is 1. The van der Waals surface area contributed by atoms with Crippen LogP contribution in [0, 0.1) is 0 Å². The summed E-state index contributed by atoms with van der Waals surface area (Å²) in [6.45, 7) is 0.146. The summed E-state index contributed by atoms with van der Waals surface area (Å²) >= 11 is 0. The van der Waals surface area contributed by atoms with Crippen molar-refractivity contribution in [2.24, 2.45) is 0 Å². The van der Waals surface area contributed by atoms with Crippen LogP contribution in [0.3, 0.4) is 0 Å². The van der Waals surface area contributed by atoms with Crippen molar-refractivity contribution in [1.82, 2.24) is 4.72 Å². The fraction of sp³-hybridized carbons (Fsp3) is 0.357. The summed E-state index contributed by atoms with van der Waals surface area (Å²) in [6.07, 6.45) is 5.26. The molecule has 21 heavy (non-hydrogen) atoms. The molecule has 0 radical (unpaired) electrons. The lowest BCUT2D eigenvalue weighted by Crippen LogP contribution is -2.32. The maximum Gasteiger partial charge on any atom is 0.335 e. The highest BCUT2D eigenvalue weighted by Gasteiger charge is 2.22. The van der Waals surface area contributed by atoms with Crippen LogP contribution in [0.5, 0.6) is 0 Å². The Morgan fingerprint density at radius 2 is 2.19 bits per heavy atom. The molecule has 114 valence electrons. The van der Waals surface area contributed by atoms with Crippen molar-refractivity contribution in [3.63, 3.8) is 0 Å². The van der Waals surface area contributed by atoms with Gasteiger partial charge in [0.05, 0.1) is 17.1 Å². The van der Waals surface area contributed by atoms with Crippen molar-refractivity contribution in [3.8, 4) is 0 Å². The zero-order chi connectivity index (χ0) is 15.5. The van der Waals surface area contributed by atoms with Crippen molar-refractivity contribution in [2.45, 2.75) is 30.4 Å². The number of hydrogen-bond donors (Lipinski definition) is 2. The van der Waals surface area contributed by atoms with Crippen molar-refractivity contribution in [2.75, 3.05) is 7.11 Å². The van der Waals surface area contributed by atoms with Crippen LogP contribution in [-0.2, 0) is 21.4 Å². The Kier molecular flexibility index (Phi) is 4.76. The Hall–Kier alpha value is -1.70. The van der Waals surface area contributed by atoms with Gasteiger partial charge in [-0.1, -0.05) is 12.2 Å². The van der Waals surface area contributed by atoms with Gasteiger partial charge in [0, 0.05) is 13.2 Å². The molecule has 1 aromatic carbocycles. The molecule has 1 atom stereocenters. The fourth-order valence-corrected chi connectivity index (χ4v) is 3.51. The summed E-state index contributed by atoms with van der Waals surface area (Å²) in [7, 11) is -2.30. The number of aromatic carboxylic acids is 1. The zero-order valence-electron chi connectivity index (χ0n) is 11.6. The van der Waals surface area contributed by atoms with Crippen LogP contribution in [0.15, 0.2) is 35.2 Å². The third-order valence-corrected chi connectivity index (χ3v) is 4.62. The van der Waals surface area contributed by atoms with E-state index in [2.05, 4.69) is 4.72 Å². The quantitative estimate of drug-likeness (QED) is 0.777. The Bertz CT molecular complexity index is 666. The lowest BCUT2D eigenvalue weighted by atomic mass is 10.1. The van der Waals surface area contributed by atoms with E-state index in [1.807, 2.05) is 6.08 Å². The first kappa shape index (κ1) is 15.7. The Labute approximate surface area is 123 Å². The lowest BCUT2D eigenvalue weighted by Gasteiger charge is -2.13. The van der Waals surface area contributed by atoms with Crippen LogP contribution >= 0.6 is 0 Å². The molecule has 1 aliphatic carbocycles. The summed E-state index contributed by atoms with van der Waals surface area (Å²) in [5.74, 6) is -1.18. The van der Waals surface area contributed by atoms with Gasteiger partial charge in [-0.05, 0) is 36.6 Å². The molecule has 0 spiro atoms. The minimum absolute atomic E-state index is 0.0604. The van der Waals surface area contributed by atoms with Gasteiger partial charge in [-0.3, -0.25) is 0 Å². The van der Waals surface area contributed by atoms with E-state index in [4.69, 9.17) is 9.84 Å². The predicted molar refractivity (Wildman–Crippen MR) is 76.6 cm³/mol. The highest BCUT2D eigenvalue weighted by Crippen LogP contribution is 2.19. The molecule has 7 heteroatoms. The van der Waals surface area contributed by atoms with Gasteiger partial charge >= 0.3 is 5.97 Å². The van der Waals surface area contributed by atoms with Crippen LogP contribution in [0.4, 0.5) is 0 Å². The topological polar surface area (TPSA) is 92.7 Å². The smallest absolute Gasteiger partial charge is 0.335 e. The van der Waals surface area contributed by atoms with E-state index in [1.165, 1.54) is 19.2 Å². The highest BCUT2D eigenvalue weighted by atomic mass is 32.2. The minimum Gasteiger partial charge on any atom is -0.478 e. The van der Waals surface area contributed by atoms with E-state index >= 15 is 0 Å². The van der Waals surface area contributed by atoms with Gasteiger partial charge in [0.15, 0.2) is 0 Å². The first-order valence-electron chi connectivity index (χ1n) is 6.47. The van der Waals surface area contributed by atoms with Gasteiger partial charge in [-0.15, -0.1) is 0 Å². The molecule has 6 nitrogen and oxygen atoms in total. The second kappa shape index (κ2) is 6.38. The van der Waals surface area contributed by atoms with Crippen molar-refractivity contribution in [3.05, 3.63) is 41.5 Å². The standard InChI is InChI=1S/C14H17NO5S/c1-20-9-10-6-11(14(16)17)8-13(7-10)21(18,19)15-12-4-2-3-5-12/h2,4,6-8,12,15H,3,5,9H2,1H3,(H,16,17). The SMILES string of the molecule is COCc1cc(C(=O)O)cc(S(=O)(=O)NC2C=CCC2)c1. The number of carboxylic acid groups (broad SMARTS) is 1. The average Bonchev–Trinajstić information content (AvgIpc) is 2.91. The van der Waals surface area contributed by atoms with E-state index in [0.29, 0.717) is 12.0 Å².